The molecular formula is C5H9FO. The molecule has 1 saturated carbocycles. The average Bonchev–Trinajstić information content (AvgIpc) is 2.13. The van der Waals surface area contributed by atoms with E-state index < -0.39 is 5.67 Å². The van der Waals surface area contributed by atoms with Crippen molar-refractivity contribution in [3.05, 3.63) is 0 Å². The van der Waals surface area contributed by atoms with Crippen molar-refractivity contribution in [1.82, 2.24) is 0 Å². The normalized spacial score (nSPS) is 49.3. The minimum Gasteiger partial charge on any atom is -0.396 e. The molecule has 0 aromatic heterocycles. The highest BCUT2D eigenvalue weighted by atomic mass is 19.1. The third-order valence-electron chi connectivity index (χ3n) is 1.56. The molecule has 0 amide bonds. The second kappa shape index (κ2) is 1.19. The highest BCUT2D eigenvalue weighted by molar-refractivity contribution is 4.99. The van der Waals surface area contributed by atoms with E-state index in [1.54, 1.807) is 0 Å². The first-order valence-electron chi connectivity index (χ1n) is 2.46. The van der Waals surface area contributed by atoms with Crippen LogP contribution in [0.25, 0.3) is 0 Å². The van der Waals surface area contributed by atoms with Crippen LogP contribution in [0, 0.1) is 5.92 Å². The third kappa shape index (κ3) is 0.752. The number of halogens is 1. The summed E-state index contributed by atoms with van der Waals surface area (Å²) in [6.07, 6.45) is 0.545. The molecule has 1 aliphatic rings. The second-order valence-corrected chi connectivity index (χ2v) is 2.36. The Labute approximate surface area is 42.2 Å². The maximum atomic E-state index is 12.3. The van der Waals surface area contributed by atoms with Crippen molar-refractivity contribution in [2.45, 2.75) is 19.0 Å². The molecule has 1 rings (SSSR count). The van der Waals surface area contributed by atoms with Crippen molar-refractivity contribution in [2.75, 3.05) is 6.61 Å². The summed E-state index contributed by atoms with van der Waals surface area (Å²) in [6, 6.07) is 0. The SMILES string of the molecule is CC1(F)C[C@@H]1CO. The predicted molar refractivity (Wildman–Crippen MR) is 24.7 cm³/mol. The Hall–Kier alpha value is -0.110. The molecule has 1 unspecified atom stereocenters. The van der Waals surface area contributed by atoms with Gasteiger partial charge in [-0.15, -0.1) is 0 Å². The van der Waals surface area contributed by atoms with Gasteiger partial charge in [-0.05, 0) is 13.3 Å². The lowest BCUT2D eigenvalue weighted by atomic mass is 10.3. The predicted octanol–water partition coefficient (Wildman–Crippen LogP) is 0.727. The van der Waals surface area contributed by atoms with Gasteiger partial charge < -0.3 is 5.11 Å². The molecular weight excluding hydrogens is 95.1 g/mol. The Bertz CT molecular complexity index is 80.1. The van der Waals surface area contributed by atoms with E-state index >= 15 is 0 Å². The van der Waals surface area contributed by atoms with E-state index in [-0.39, 0.29) is 12.5 Å². The summed E-state index contributed by atoms with van der Waals surface area (Å²) in [5, 5.41) is 8.30. The van der Waals surface area contributed by atoms with E-state index in [1.807, 2.05) is 0 Å². The zero-order chi connectivity index (χ0) is 5.49. The minimum atomic E-state index is -1.03. The topological polar surface area (TPSA) is 20.2 Å². The van der Waals surface area contributed by atoms with E-state index in [9.17, 15) is 4.39 Å². The van der Waals surface area contributed by atoms with Crippen molar-refractivity contribution in [3.8, 4) is 0 Å². The zero-order valence-corrected chi connectivity index (χ0v) is 4.32. The summed E-state index contributed by atoms with van der Waals surface area (Å²) in [7, 11) is 0. The van der Waals surface area contributed by atoms with Gasteiger partial charge in [0.2, 0.25) is 0 Å². The number of alkyl halides is 1. The highest BCUT2D eigenvalue weighted by Gasteiger charge is 2.50. The number of rotatable bonds is 1. The number of aliphatic hydroxyl groups excluding tert-OH is 1. The van der Waals surface area contributed by atoms with Gasteiger partial charge >= 0.3 is 0 Å². The van der Waals surface area contributed by atoms with Gasteiger partial charge in [0.25, 0.3) is 0 Å². The lowest BCUT2D eigenvalue weighted by molar-refractivity contribution is 0.223. The van der Waals surface area contributed by atoms with Crippen LogP contribution in [0.15, 0.2) is 0 Å². The van der Waals surface area contributed by atoms with Crippen LogP contribution in [0.5, 0.6) is 0 Å². The zero-order valence-electron chi connectivity index (χ0n) is 4.32. The average molecular weight is 104 g/mol. The second-order valence-electron chi connectivity index (χ2n) is 2.36. The van der Waals surface area contributed by atoms with E-state index in [4.69, 9.17) is 5.11 Å². The minimum absolute atomic E-state index is 0.00694. The fraction of sp³-hybridized carbons (Fsp3) is 1.00. The molecule has 2 atom stereocenters. The quantitative estimate of drug-likeness (QED) is 0.520. The fourth-order valence-corrected chi connectivity index (χ4v) is 0.678. The van der Waals surface area contributed by atoms with Crippen molar-refractivity contribution in [2.24, 2.45) is 5.92 Å². The first-order chi connectivity index (χ1) is 3.17. The fourth-order valence-electron chi connectivity index (χ4n) is 0.678. The molecule has 7 heavy (non-hydrogen) atoms. The Morgan fingerprint density at radius 2 is 2.43 bits per heavy atom. The van der Waals surface area contributed by atoms with Crippen molar-refractivity contribution in [3.63, 3.8) is 0 Å². The van der Waals surface area contributed by atoms with Crippen molar-refractivity contribution < 1.29 is 9.50 Å². The molecule has 1 aliphatic carbocycles. The molecule has 1 fully saturated rings. The van der Waals surface area contributed by atoms with Gasteiger partial charge in [0, 0.05) is 12.5 Å². The Balaban J connectivity index is 2.30. The summed E-state index contributed by atoms with van der Waals surface area (Å²) in [6.45, 7) is 1.53. The van der Waals surface area contributed by atoms with Gasteiger partial charge in [0.15, 0.2) is 0 Å². The summed E-state index contributed by atoms with van der Waals surface area (Å²) in [4.78, 5) is 0. The summed E-state index contributed by atoms with van der Waals surface area (Å²) < 4.78 is 12.3. The Morgan fingerprint density at radius 3 is 2.43 bits per heavy atom. The third-order valence-corrected chi connectivity index (χ3v) is 1.56. The number of aliphatic hydroxyl groups is 1. The molecule has 0 saturated heterocycles. The summed E-state index contributed by atoms with van der Waals surface area (Å²) in [5.74, 6) is -0.0625. The lowest BCUT2D eigenvalue weighted by Crippen LogP contribution is -1.98. The van der Waals surface area contributed by atoms with Crippen LogP contribution < -0.4 is 0 Å². The first kappa shape index (κ1) is 5.04. The largest absolute Gasteiger partial charge is 0.396 e. The lowest BCUT2D eigenvalue weighted by Gasteiger charge is -1.91. The summed E-state index contributed by atoms with van der Waals surface area (Å²) in [5.41, 5.74) is -1.03. The molecule has 0 aliphatic heterocycles. The highest BCUT2D eigenvalue weighted by Crippen LogP contribution is 2.45. The van der Waals surface area contributed by atoms with Crippen molar-refractivity contribution in [1.29, 1.82) is 0 Å². The van der Waals surface area contributed by atoms with Crippen molar-refractivity contribution >= 4 is 0 Å². The van der Waals surface area contributed by atoms with Crippen LogP contribution in [0.3, 0.4) is 0 Å². The number of hydrogen-bond acceptors (Lipinski definition) is 1. The standard InChI is InChI=1S/C5H9FO/c1-5(6)2-4(5)3-7/h4,7H,2-3H2,1H3/t4-,5?/m1/s1. The Morgan fingerprint density at radius 1 is 2.00 bits per heavy atom. The van der Waals surface area contributed by atoms with Gasteiger partial charge in [-0.2, -0.15) is 0 Å². The van der Waals surface area contributed by atoms with E-state index in [0.29, 0.717) is 6.42 Å². The van der Waals surface area contributed by atoms with Crippen LogP contribution in [-0.4, -0.2) is 17.4 Å². The van der Waals surface area contributed by atoms with Crippen LogP contribution in [-0.2, 0) is 0 Å². The molecule has 0 radical (unpaired) electrons. The van der Waals surface area contributed by atoms with Crippen LogP contribution >= 0.6 is 0 Å². The van der Waals surface area contributed by atoms with Crippen LogP contribution in [0.4, 0.5) is 4.39 Å². The Kier molecular flexibility index (Phi) is 0.854. The maximum Gasteiger partial charge on any atom is 0.113 e. The van der Waals surface area contributed by atoms with Gasteiger partial charge in [0.1, 0.15) is 5.67 Å². The monoisotopic (exact) mass is 104 g/mol. The van der Waals surface area contributed by atoms with Crippen LogP contribution in [0.2, 0.25) is 0 Å². The van der Waals surface area contributed by atoms with E-state index in [1.165, 1.54) is 6.92 Å². The number of hydrogen-bond donors (Lipinski definition) is 1. The molecule has 1 nitrogen and oxygen atoms in total. The molecule has 0 heterocycles. The molecule has 42 valence electrons. The molecule has 1 N–H and O–H groups in total. The summed E-state index contributed by atoms with van der Waals surface area (Å²) >= 11 is 0. The maximum absolute atomic E-state index is 12.3. The molecule has 0 aromatic carbocycles. The smallest absolute Gasteiger partial charge is 0.113 e. The van der Waals surface area contributed by atoms with Gasteiger partial charge in [-0.3, -0.25) is 0 Å². The first-order valence-corrected chi connectivity index (χ1v) is 2.46. The van der Waals surface area contributed by atoms with Crippen LogP contribution in [0.1, 0.15) is 13.3 Å². The van der Waals surface area contributed by atoms with Gasteiger partial charge in [-0.1, -0.05) is 0 Å². The molecule has 2 heteroatoms. The molecule has 0 spiro atoms. The van der Waals surface area contributed by atoms with E-state index in [2.05, 4.69) is 0 Å². The van der Waals surface area contributed by atoms with E-state index in [0.717, 1.165) is 0 Å². The molecule has 0 aromatic rings. The van der Waals surface area contributed by atoms with Gasteiger partial charge in [-0.25, -0.2) is 4.39 Å². The molecule has 0 bridgehead atoms. The van der Waals surface area contributed by atoms with Gasteiger partial charge in [0.05, 0.1) is 0 Å².